The number of carbonyl (C=O) groups is 2. The molecular weight excluding hydrogens is 266 g/mol. The first-order valence-corrected chi connectivity index (χ1v) is 6.35. The van der Waals surface area contributed by atoms with E-state index in [-0.39, 0.29) is 0 Å². The van der Waals surface area contributed by atoms with Crippen molar-refractivity contribution in [3.05, 3.63) is 29.3 Å². The lowest BCUT2D eigenvalue weighted by molar-refractivity contribution is -0.108. The number of anilines is 1. The molecule has 1 aromatic carbocycles. The van der Waals surface area contributed by atoms with Crippen LogP contribution in [0.2, 0.25) is 5.02 Å². The second-order valence-corrected chi connectivity index (χ2v) is 5.64. The topological polar surface area (TPSA) is 46.6 Å². The summed E-state index contributed by atoms with van der Waals surface area (Å²) in [6.45, 7) is 6.93. The van der Waals surface area contributed by atoms with Gasteiger partial charge in [-0.1, -0.05) is 17.7 Å². The maximum absolute atomic E-state index is 12.2. The summed E-state index contributed by atoms with van der Waals surface area (Å²) in [7, 11) is 0. The van der Waals surface area contributed by atoms with E-state index < -0.39 is 17.7 Å². The zero-order valence-corrected chi connectivity index (χ0v) is 12.3. The Hall–Kier alpha value is -1.55. The summed E-state index contributed by atoms with van der Waals surface area (Å²) in [5.41, 5.74) is -0.0994. The zero-order chi connectivity index (χ0) is 14.6. The highest BCUT2D eigenvalue weighted by Gasteiger charge is 2.27. The second kappa shape index (κ2) is 6.06. The zero-order valence-electron chi connectivity index (χ0n) is 11.5. The fourth-order valence-corrected chi connectivity index (χ4v) is 1.69. The van der Waals surface area contributed by atoms with Crippen LogP contribution in [0, 0.1) is 0 Å². The molecule has 0 bridgehead atoms. The molecule has 104 valence electrons. The van der Waals surface area contributed by atoms with Crippen molar-refractivity contribution in [2.75, 3.05) is 4.90 Å². The first kappa shape index (κ1) is 15.5. The summed E-state index contributed by atoms with van der Waals surface area (Å²) in [5.74, 6) is 0. The van der Waals surface area contributed by atoms with Gasteiger partial charge in [0, 0.05) is 10.7 Å². The molecule has 0 heterocycles. The predicted octanol–water partition coefficient (Wildman–Crippen LogP) is 3.67. The van der Waals surface area contributed by atoms with Gasteiger partial charge in [-0.3, -0.25) is 4.90 Å². The van der Waals surface area contributed by atoms with Gasteiger partial charge in [-0.25, -0.2) is 4.79 Å². The first-order chi connectivity index (χ1) is 8.74. The van der Waals surface area contributed by atoms with Crippen LogP contribution < -0.4 is 4.90 Å². The molecule has 1 amide bonds. The van der Waals surface area contributed by atoms with E-state index in [2.05, 4.69) is 0 Å². The average Bonchev–Trinajstić information content (AvgIpc) is 2.26. The smallest absolute Gasteiger partial charge is 0.415 e. The van der Waals surface area contributed by atoms with Crippen LogP contribution in [0.5, 0.6) is 0 Å². The third-order valence-corrected chi connectivity index (χ3v) is 2.52. The van der Waals surface area contributed by atoms with Gasteiger partial charge in [-0.15, -0.1) is 0 Å². The number of hydrogen-bond acceptors (Lipinski definition) is 3. The van der Waals surface area contributed by atoms with Gasteiger partial charge in [0.15, 0.2) is 0 Å². The second-order valence-electron chi connectivity index (χ2n) is 5.21. The number of halogens is 1. The number of ether oxygens (including phenoxy) is 1. The van der Waals surface area contributed by atoms with Crippen LogP contribution in [-0.2, 0) is 9.53 Å². The number of nitrogens with zero attached hydrogens (tertiary/aromatic N) is 1. The largest absolute Gasteiger partial charge is 0.443 e. The van der Waals surface area contributed by atoms with Crippen LogP contribution in [0.3, 0.4) is 0 Å². The van der Waals surface area contributed by atoms with Crippen molar-refractivity contribution in [1.29, 1.82) is 0 Å². The van der Waals surface area contributed by atoms with Crippen LogP contribution in [0.4, 0.5) is 10.5 Å². The Labute approximate surface area is 118 Å². The molecule has 0 saturated heterocycles. The molecule has 1 rings (SSSR count). The molecule has 4 nitrogen and oxygen atoms in total. The normalized spacial score (nSPS) is 12.7. The monoisotopic (exact) mass is 283 g/mol. The van der Waals surface area contributed by atoms with Gasteiger partial charge < -0.3 is 9.53 Å². The van der Waals surface area contributed by atoms with Crippen LogP contribution in [0.1, 0.15) is 27.7 Å². The van der Waals surface area contributed by atoms with Crippen LogP contribution in [0.15, 0.2) is 24.3 Å². The van der Waals surface area contributed by atoms with Crippen molar-refractivity contribution < 1.29 is 14.3 Å². The molecule has 0 unspecified atom stereocenters. The standard InChI is InChI=1S/C14H18ClNO3/c1-10(9-17)16(13(18)19-14(2,3)4)12-7-5-6-11(15)8-12/h5-10H,1-4H3/t10-/m0/s1. The summed E-state index contributed by atoms with van der Waals surface area (Å²) >= 11 is 5.91. The van der Waals surface area contributed by atoms with E-state index in [1.165, 1.54) is 4.90 Å². The lowest BCUT2D eigenvalue weighted by Crippen LogP contribution is -2.43. The molecule has 0 fully saturated rings. The van der Waals surface area contributed by atoms with Gasteiger partial charge >= 0.3 is 6.09 Å². The van der Waals surface area contributed by atoms with Gasteiger partial charge in [0.2, 0.25) is 0 Å². The third-order valence-electron chi connectivity index (χ3n) is 2.28. The number of rotatable bonds is 3. The summed E-state index contributed by atoms with van der Waals surface area (Å²) in [6, 6.07) is 6.10. The number of benzene rings is 1. The van der Waals surface area contributed by atoms with Crippen LogP contribution in [0.25, 0.3) is 0 Å². The summed E-state index contributed by atoms with van der Waals surface area (Å²) in [4.78, 5) is 24.4. The average molecular weight is 284 g/mol. The van der Waals surface area contributed by atoms with E-state index in [4.69, 9.17) is 16.3 Å². The lowest BCUT2D eigenvalue weighted by atomic mass is 10.2. The van der Waals surface area contributed by atoms with Crippen molar-refractivity contribution in [2.24, 2.45) is 0 Å². The van der Waals surface area contributed by atoms with E-state index >= 15 is 0 Å². The minimum absolute atomic E-state index is 0.490. The molecule has 5 heteroatoms. The molecule has 0 aromatic heterocycles. The Morgan fingerprint density at radius 2 is 2.05 bits per heavy atom. The molecule has 0 aliphatic heterocycles. The molecule has 19 heavy (non-hydrogen) atoms. The van der Waals surface area contributed by atoms with Crippen LogP contribution in [-0.4, -0.2) is 24.0 Å². The summed E-state index contributed by atoms with van der Waals surface area (Å²) in [6.07, 6.45) is 0.111. The van der Waals surface area contributed by atoms with Crippen molar-refractivity contribution >= 4 is 29.7 Å². The Kier molecular flexibility index (Phi) is 4.95. The SMILES string of the molecule is C[C@@H](C=O)N(C(=O)OC(C)(C)C)c1cccc(Cl)c1. The Balaban J connectivity index is 3.08. The Morgan fingerprint density at radius 3 is 2.53 bits per heavy atom. The molecule has 0 aliphatic carbocycles. The highest BCUT2D eigenvalue weighted by molar-refractivity contribution is 6.30. The third kappa shape index (κ3) is 4.56. The molecule has 0 spiro atoms. The van der Waals surface area contributed by atoms with E-state index in [0.29, 0.717) is 17.0 Å². The molecule has 1 atom stereocenters. The van der Waals surface area contributed by atoms with Crippen molar-refractivity contribution in [3.8, 4) is 0 Å². The predicted molar refractivity (Wildman–Crippen MR) is 75.7 cm³/mol. The van der Waals surface area contributed by atoms with Gasteiger partial charge in [-0.2, -0.15) is 0 Å². The maximum Gasteiger partial charge on any atom is 0.415 e. The van der Waals surface area contributed by atoms with Crippen molar-refractivity contribution in [2.45, 2.75) is 39.3 Å². The molecule has 1 aromatic rings. The fraction of sp³-hybridized carbons (Fsp3) is 0.429. The molecule has 0 radical (unpaired) electrons. The quantitative estimate of drug-likeness (QED) is 0.795. The fourth-order valence-electron chi connectivity index (χ4n) is 1.50. The molecule has 0 aliphatic rings. The van der Waals surface area contributed by atoms with Crippen molar-refractivity contribution in [3.63, 3.8) is 0 Å². The molecule has 0 N–H and O–H groups in total. The number of amides is 1. The molecule has 0 saturated carbocycles. The van der Waals surface area contributed by atoms with Crippen molar-refractivity contribution in [1.82, 2.24) is 0 Å². The first-order valence-electron chi connectivity index (χ1n) is 5.97. The highest BCUT2D eigenvalue weighted by Crippen LogP contribution is 2.23. The van der Waals surface area contributed by atoms with E-state index in [9.17, 15) is 9.59 Å². The summed E-state index contributed by atoms with van der Waals surface area (Å²) in [5, 5.41) is 0.490. The minimum atomic E-state index is -0.631. The highest BCUT2D eigenvalue weighted by atomic mass is 35.5. The van der Waals surface area contributed by atoms with E-state index in [1.807, 2.05) is 0 Å². The van der Waals surface area contributed by atoms with Gasteiger partial charge in [-0.05, 0) is 45.9 Å². The van der Waals surface area contributed by atoms with E-state index in [1.54, 1.807) is 52.0 Å². The minimum Gasteiger partial charge on any atom is -0.443 e. The Bertz CT molecular complexity index is 468. The van der Waals surface area contributed by atoms with Gasteiger partial charge in [0.25, 0.3) is 0 Å². The number of hydrogen-bond donors (Lipinski definition) is 0. The summed E-state index contributed by atoms with van der Waals surface area (Å²) < 4.78 is 5.30. The number of aldehydes is 1. The van der Waals surface area contributed by atoms with Gasteiger partial charge in [0.1, 0.15) is 11.9 Å². The van der Waals surface area contributed by atoms with Gasteiger partial charge in [0.05, 0.1) is 6.04 Å². The maximum atomic E-state index is 12.2. The number of carbonyl (C=O) groups excluding carboxylic acids is 2. The lowest BCUT2D eigenvalue weighted by Gasteiger charge is -2.29. The van der Waals surface area contributed by atoms with E-state index in [0.717, 1.165) is 0 Å². The Morgan fingerprint density at radius 1 is 1.42 bits per heavy atom. The van der Waals surface area contributed by atoms with Crippen LogP contribution >= 0.6 is 11.6 Å². The molecular formula is C14H18ClNO3.